The summed E-state index contributed by atoms with van der Waals surface area (Å²) in [5, 5.41) is 9.89. The summed E-state index contributed by atoms with van der Waals surface area (Å²) in [6, 6.07) is 9.69. The molecule has 1 aliphatic carbocycles. The van der Waals surface area contributed by atoms with E-state index in [-0.39, 0.29) is 28.4 Å². The number of phenols is 1. The molecule has 0 unspecified atom stereocenters. The summed E-state index contributed by atoms with van der Waals surface area (Å²) >= 11 is 1.28. The largest absolute Gasteiger partial charge is 0.507 e. The fourth-order valence-electron chi connectivity index (χ4n) is 2.40. The van der Waals surface area contributed by atoms with Crippen molar-refractivity contribution in [3.8, 4) is 5.75 Å². The molecule has 0 spiro atoms. The van der Waals surface area contributed by atoms with E-state index < -0.39 is 0 Å². The van der Waals surface area contributed by atoms with Gasteiger partial charge in [0.2, 0.25) is 0 Å². The Hall–Kier alpha value is -3.11. The fraction of sp³-hybridized carbons (Fsp3) is 0.0625. The Morgan fingerprint density at radius 1 is 1.00 bits per heavy atom. The van der Waals surface area contributed by atoms with Gasteiger partial charge < -0.3 is 9.83 Å². The third kappa shape index (κ3) is 2.12. The first kappa shape index (κ1) is 15.3. The minimum absolute atomic E-state index is 0. The number of fused-ring (bicyclic) bond motifs is 2. The van der Waals surface area contributed by atoms with Gasteiger partial charge in [-0.2, -0.15) is 6.92 Å². The summed E-state index contributed by atoms with van der Waals surface area (Å²) in [5.74, 6) is -0.716. The van der Waals surface area contributed by atoms with Crippen LogP contribution in [-0.2, 0) is 0 Å². The summed E-state index contributed by atoms with van der Waals surface area (Å²) in [7, 11) is 0. The number of aromatic hydroxyl groups is 1. The molecule has 0 aromatic heterocycles. The molecule has 0 bridgehead atoms. The van der Waals surface area contributed by atoms with Gasteiger partial charge in [-0.05, 0) is 12.1 Å². The van der Waals surface area contributed by atoms with Crippen LogP contribution in [0.15, 0.2) is 41.3 Å². The van der Waals surface area contributed by atoms with Gasteiger partial charge in [-0.3, -0.25) is 16.1 Å². The van der Waals surface area contributed by atoms with E-state index in [0.717, 1.165) is 0 Å². The molecule has 0 amide bonds. The SMILES string of the molecule is C[CH-]NSc1cccc2c1C(=O)c1cccc(O)c1C2=O.[Rf]. The molecule has 0 fully saturated rings. The van der Waals surface area contributed by atoms with Crippen molar-refractivity contribution in [2.24, 2.45) is 0 Å². The van der Waals surface area contributed by atoms with Gasteiger partial charge in [0.25, 0.3) is 0 Å². The molecule has 0 saturated carbocycles. The van der Waals surface area contributed by atoms with E-state index in [9.17, 15) is 14.7 Å². The van der Waals surface area contributed by atoms with E-state index in [1.807, 2.05) is 6.92 Å². The van der Waals surface area contributed by atoms with Gasteiger partial charge in [0.15, 0.2) is 11.6 Å². The first-order chi connectivity index (χ1) is 10.1. The summed E-state index contributed by atoms with van der Waals surface area (Å²) in [5.41, 5.74) is 1.06. The maximum Gasteiger partial charge on any atom is 0.198 e. The van der Waals surface area contributed by atoms with Crippen LogP contribution in [0.4, 0.5) is 0 Å². The van der Waals surface area contributed by atoms with E-state index in [2.05, 4.69) is 4.72 Å². The van der Waals surface area contributed by atoms with E-state index in [0.29, 0.717) is 16.0 Å². The van der Waals surface area contributed by atoms with Crippen LogP contribution in [0, 0.1) is 6.54 Å². The maximum atomic E-state index is 12.7. The number of carbonyl (C=O) groups excluding carboxylic acids is 2. The van der Waals surface area contributed by atoms with E-state index in [4.69, 9.17) is 0 Å². The normalized spacial score (nSPS) is 12.4. The Bertz CT molecular complexity index is 761. The first-order valence-corrected chi connectivity index (χ1v) is 7.21. The van der Waals surface area contributed by atoms with Gasteiger partial charge in [0.1, 0.15) is 5.75 Å². The predicted octanol–water partition coefficient (Wildman–Crippen LogP) is 2.95. The van der Waals surface area contributed by atoms with E-state index in [1.54, 1.807) is 36.9 Å². The molecule has 1 aliphatic rings. The van der Waals surface area contributed by atoms with E-state index >= 15 is 0 Å². The number of benzene rings is 2. The number of ketones is 2. The number of hydrogen-bond acceptors (Lipinski definition) is 5. The van der Waals surface area contributed by atoms with Crippen molar-refractivity contribution >= 4 is 23.5 Å². The summed E-state index contributed by atoms with van der Waals surface area (Å²) in [6.45, 7) is 3.58. The molecule has 108 valence electrons. The molecule has 0 radical (unpaired) electrons. The van der Waals surface area contributed by atoms with Gasteiger partial charge >= 0.3 is 0 Å². The van der Waals surface area contributed by atoms with Gasteiger partial charge in [0, 0.05) is 21.6 Å². The smallest absolute Gasteiger partial charge is 0.198 e. The van der Waals surface area contributed by atoms with Crippen molar-refractivity contribution in [1.29, 1.82) is 0 Å². The fourth-order valence-corrected chi connectivity index (χ4v) is 3.10. The average molecular weight is 565 g/mol. The molecule has 0 atom stereocenters. The number of phenolic OH excluding ortho intramolecular Hbond substituents is 1. The Kier molecular flexibility index (Phi) is 3.97. The maximum absolute atomic E-state index is 12.7. The van der Waals surface area contributed by atoms with Crippen molar-refractivity contribution in [2.75, 3.05) is 0 Å². The second-order valence-corrected chi connectivity index (χ2v) is 5.42. The second-order valence-electron chi connectivity index (χ2n) is 4.55. The van der Waals surface area contributed by atoms with Gasteiger partial charge in [-0.1, -0.05) is 36.2 Å². The van der Waals surface area contributed by atoms with Crippen molar-refractivity contribution in [1.82, 2.24) is 4.72 Å². The molecular weight excluding hydrogens is 553 g/mol. The quantitative estimate of drug-likeness (QED) is 0.378. The van der Waals surface area contributed by atoms with Gasteiger partial charge in [-0.25, -0.2) is 0 Å². The van der Waals surface area contributed by atoms with E-state index in [1.165, 1.54) is 18.0 Å². The minimum atomic E-state index is -0.319. The monoisotopic (exact) mass is 565 g/mol. The molecule has 2 aromatic carbocycles. The number of hydrogen-bond donors (Lipinski definition) is 2. The Balaban J connectivity index is 0.00000176. The average Bonchev–Trinajstić information content (AvgIpc) is 2.50. The van der Waals surface area contributed by atoms with Crippen LogP contribution in [0.1, 0.15) is 38.8 Å². The molecule has 22 heavy (non-hydrogen) atoms. The first-order valence-electron chi connectivity index (χ1n) is 6.39. The molecule has 4 nitrogen and oxygen atoms in total. The molecule has 0 saturated heterocycles. The molecular formula is C16H12NO3RfS-. The van der Waals surface area contributed by atoms with Gasteiger partial charge in [0.05, 0.1) is 5.56 Å². The minimum Gasteiger partial charge on any atom is -0.507 e. The number of carbonyl (C=O) groups is 2. The third-order valence-electron chi connectivity index (χ3n) is 3.30. The summed E-state index contributed by atoms with van der Waals surface area (Å²) in [4.78, 5) is 25.9. The molecule has 2 N–H and O–H groups in total. The molecule has 0 heterocycles. The number of nitrogens with one attached hydrogen (secondary N) is 1. The van der Waals surface area contributed by atoms with Crippen molar-refractivity contribution in [2.45, 2.75) is 11.8 Å². The van der Waals surface area contributed by atoms with Crippen LogP contribution in [-0.4, -0.2) is 16.7 Å². The van der Waals surface area contributed by atoms with Crippen LogP contribution in [0.5, 0.6) is 5.75 Å². The second kappa shape index (κ2) is 5.71. The third-order valence-corrected chi connectivity index (χ3v) is 4.21. The molecule has 3 rings (SSSR count). The Morgan fingerprint density at radius 3 is 2.27 bits per heavy atom. The Labute approximate surface area is 126 Å². The van der Waals surface area contributed by atoms with Crippen molar-refractivity contribution in [3.63, 3.8) is 0 Å². The molecule has 2 aromatic rings. The molecule has 6 heteroatoms. The van der Waals surface area contributed by atoms with Crippen LogP contribution >= 0.6 is 11.9 Å². The zero-order valence-electron chi connectivity index (χ0n) is 11.9. The summed E-state index contributed by atoms with van der Waals surface area (Å²) < 4.78 is 2.96. The Morgan fingerprint density at radius 2 is 1.59 bits per heavy atom. The predicted molar refractivity (Wildman–Crippen MR) is 80.4 cm³/mol. The van der Waals surface area contributed by atoms with Crippen LogP contribution in [0.25, 0.3) is 0 Å². The number of rotatable bonds is 3. The van der Waals surface area contributed by atoms with Crippen LogP contribution in [0.3, 0.4) is 0 Å². The zero-order valence-corrected chi connectivity index (χ0v) is 19.1. The zero-order chi connectivity index (χ0) is 15.0. The summed E-state index contributed by atoms with van der Waals surface area (Å²) in [6.07, 6.45) is 0. The van der Waals surface area contributed by atoms with Gasteiger partial charge in [-0.15, -0.1) is 0 Å². The van der Waals surface area contributed by atoms with Crippen molar-refractivity contribution < 1.29 is 14.7 Å². The topological polar surface area (TPSA) is 66.4 Å². The van der Waals surface area contributed by atoms with Crippen molar-refractivity contribution in [3.05, 3.63) is 65.2 Å². The van der Waals surface area contributed by atoms with Crippen LogP contribution < -0.4 is 4.72 Å². The molecule has 0 aliphatic heterocycles. The standard InChI is InChI=1S/C16H12NO3S.Rf/c1-2-17-21-12-8-4-6-10-14(12)16(20)9-5-3-7-11(18)13(9)15(10)19;/h2-8,17-18H,1H3;/q-1;. The van der Waals surface area contributed by atoms with Crippen LogP contribution in [0.2, 0.25) is 0 Å².